The standard InChI is InChI=1S/C8H11NO2P/c1-11-7-4-5-9-8(6-7)12(2,3)10/h5-6H,1-3H3. The first-order chi connectivity index (χ1) is 5.54. The molecule has 1 aromatic rings. The van der Waals surface area contributed by atoms with Gasteiger partial charge >= 0.3 is 0 Å². The van der Waals surface area contributed by atoms with Gasteiger partial charge in [0.25, 0.3) is 0 Å². The Morgan fingerprint density at radius 1 is 1.58 bits per heavy atom. The molecule has 0 bridgehead atoms. The molecular formula is C8H11NO2P. The van der Waals surface area contributed by atoms with Crippen LogP contribution >= 0.6 is 7.14 Å². The minimum atomic E-state index is -2.27. The van der Waals surface area contributed by atoms with E-state index in [2.05, 4.69) is 11.1 Å². The van der Waals surface area contributed by atoms with Crippen molar-refractivity contribution in [3.05, 3.63) is 18.3 Å². The molecule has 65 valence electrons. The zero-order chi connectivity index (χ0) is 9.19. The van der Waals surface area contributed by atoms with Crippen molar-refractivity contribution in [1.29, 1.82) is 0 Å². The molecule has 0 aliphatic rings. The first-order valence-electron chi connectivity index (χ1n) is 3.51. The van der Waals surface area contributed by atoms with Crippen LogP contribution in [0.4, 0.5) is 0 Å². The van der Waals surface area contributed by atoms with E-state index in [1.54, 1.807) is 26.5 Å². The Morgan fingerprint density at radius 2 is 2.25 bits per heavy atom. The average Bonchev–Trinajstić information content (AvgIpc) is 2.03. The molecule has 0 spiro atoms. The number of pyridine rings is 1. The summed E-state index contributed by atoms with van der Waals surface area (Å²) in [5, 5.41) is 0. The van der Waals surface area contributed by atoms with Crippen molar-refractivity contribution in [2.24, 2.45) is 0 Å². The smallest absolute Gasteiger partial charge is 0.130 e. The minimum absolute atomic E-state index is 0.573. The molecule has 4 heteroatoms. The van der Waals surface area contributed by atoms with Crippen LogP contribution in [0.2, 0.25) is 0 Å². The largest absolute Gasteiger partial charge is 0.496 e. The summed E-state index contributed by atoms with van der Waals surface area (Å²) in [5.41, 5.74) is 0.582. The highest BCUT2D eigenvalue weighted by Gasteiger charge is 2.12. The van der Waals surface area contributed by atoms with Gasteiger partial charge in [-0.1, -0.05) is 0 Å². The highest BCUT2D eigenvalue weighted by atomic mass is 31.2. The van der Waals surface area contributed by atoms with E-state index in [0.29, 0.717) is 11.2 Å². The molecule has 0 atom stereocenters. The first kappa shape index (κ1) is 9.27. The lowest BCUT2D eigenvalue weighted by molar-refractivity contribution is 0.413. The third-order valence-corrected chi connectivity index (χ3v) is 2.78. The van der Waals surface area contributed by atoms with Gasteiger partial charge < -0.3 is 9.30 Å². The van der Waals surface area contributed by atoms with Crippen molar-refractivity contribution >= 4 is 12.6 Å². The average molecular weight is 184 g/mol. The molecule has 3 nitrogen and oxygen atoms in total. The quantitative estimate of drug-likeness (QED) is 0.647. The summed E-state index contributed by atoms with van der Waals surface area (Å²) in [6.45, 7) is 3.35. The molecule has 0 fully saturated rings. The predicted molar refractivity (Wildman–Crippen MR) is 48.7 cm³/mol. The monoisotopic (exact) mass is 184 g/mol. The van der Waals surface area contributed by atoms with Crippen molar-refractivity contribution in [2.75, 3.05) is 20.4 Å². The van der Waals surface area contributed by atoms with Crippen LogP contribution < -0.4 is 10.2 Å². The normalized spacial score (nSPS) is 11.2. The van der Waals surface area contributed by atoms with Crippen LogP contribution in [0.25, 0.3) is 0 Å². The molecule has 0 saturated heterocycles. The molecule has 0 N–H and O–H groups in total. The second-order valence-electron chi connectivity index (χ2n) is 2.82. The van der Waals surface area contributed by atoms with Gasteiger partial charge in [-0.15, -0.1) is 0 Å². The molecule has 1 aromatic heterocycles. The van der Waals surface area contributed by atoms with Crippen LogP contribution in [-0.4, -0.2) is 25.4 Å². The van der Waals surface area contributed by atoms with Crippen LogP contribution in [0.1, 0.15) is 0 Å². The predicted octanol–water partition coefficient (Wildman–Crippen LogP) is 1.14. The Kier molecular flexibility index (Phi) is 2.53. The third kappa shape index (κ3) is 2.08. The zero-order valence-electron chi connectivity index (χ0n) is 7.37. The lowest BCUT2D eigenvalue weighted by Gasteiger charge is -2.06. The van der Waals surface area contributed by atoms with Gasteiger partial charge in [-0.25, -0.2) is 0 Å². The Labute approximate surface area is 72.1 Å². The van der Waals surface area contributed by atoms with E-state index >= 15 is 0 Å². The van der Waals surface area contributed by atoms with Gasteiger partial charge in [0.05, 0.1) is 7.11 Å². The fraction of sp³-hybridized carbons (Fsp3) is 0.375. The van der Waals surface area contributed by atoms with Gasteiger partial charge in [0, 0.05) is 18.3 Å². The molecule has 1 heterocycles. The Hall–Kier alpha value is -0.820. The maximum Gasteiger partial charge on any atom is 0.130 e. The number of rotatable bonds is 2. The number of hydrogen-bond acceptors (Lipinski definition) is 3. The van der Waals surface area contributed by atoms with E-state index in [9.17, 15) is 4.57 Å². The van der Waals surface area contributed by atoms with Crippen molar-refractivity contribution in [3.8, 4) is 5.75 Å². The third-order valence-electron chi connectivity index (χ3n) is 1.44. The number of aromatic nitrogens is 1. The van der Waals surface area contributed by atoms with E-state index < -0.39 is 7.14 Å². The van der Waals surface area contributed by atoms with Gasteiger partial charge in [0.15, 0.2) is 0 Å². The van der Waals surface area contributed by atoms with Crippen LogP contribution in [0.3, 0.4) is 0 Å². The highest BCUT2D eigenvalue weighted by Crippen LogP contribution is 2.33. The molecule has 1 rings (SSSR count). The van der Waals surface area contributed by atoms with Gasteiger partial charge in [0.1, 0.15) is 18.3 Å². The Morgan fingerprint density at radius 3 is 2.75 bits per heavy atom. The Balaban J connectivity index is 3.11. The van der Waals surface area contributed by atoms with Crippen molar-refractivity contribution in [1.82, 2.24) is 4.98 Å². The van der Waals surface area contributed by atoms with Crippen LogP contribution in [0.5, 0.6) is 5.75 Å². The minimum Gasteiger partial charge on any atom is -0.496 e. The van der Waals surface area contributed by atoms with Gasteiger partial charge in [-0.05, 0) is 13.3 Å². The summed E-state index contributed by atoms with van der Waals surface area (Å²) in [6, 6.07) is 4.43. The van der Waals surface area contributed by atoms with Crippen LogP contribution in [-0.2, 0) is 4.57 Å². The summed E-state index contributed by atoms with van der Waals surface area (Å²) in [5.74, 6) is 0.573. The zero-order valence-corrected chi connectivity index (χ0v) is 8.26. The lowest BCUT2D eigenvalue weighted by atomic mass is 10.5. The fourth-order valence-corrected chi connectivity index (χ4v) is 1.53. The molecule has 12 heavy (non-hydrogen) atoms. The van der Waals surface area contributed by atoms with E-state index in [1.807, 2.05) is 0 Å². The second kappa shape index (κ2) is 3.28. The van der Waals surface area contributed by atoms with E-state index in [-0.39, 0.29) is 0 Å². The lowest BCUT2D eigenvalue weighted by Crippen LogP contribution is -2.07. The van der Waals surface area contributed by atoms with Gasteiger partial charge in [-0.2, -0.15) is 0 Å². The van der Waals surface area contributed by atoms with Crippen LogP contribution in [0.15, 0.2) is 12.3 Å². The summed E-state index contributed by atoms with van der Waals surface area (Å²) in [6.07, 6.45) is 1.48. The Bertz CT molecular complexity index is 319. The number of hydrogen-bond donors (Lipinski definition) is 0. The van der Waals surface area contributed by atoms with E-state index in [0.717, 1.165) is 0 Å². The molecule has 0 unspecified atom stereocenters. The SMILES string of the molecule is COc1[c]cnc(P(C)(C)=O)c1. The summed E-state index contributed by atoms with van der Waals surface area (Å²) >= 11 is 0. The highest BCUT2D eigenvalue weighted by molar-refractivity contribution is 7.69. The molecule has 1 radical (unpaired) electrons. The summed E-state index contributed by atoms with van der Waals surface area (Å²) < 4.78 is 16.5. The van der Waals surface area contributed by atoms with Crippen molar-refractivity contribution in [2.45, 2.75) is 0 Å². The molecule has 0 aliphatic carbocycles. The molecule has 0 amide bonds. The fourth-order valence-electron chi connectivity index (χ4n) is 0.771. The van der Waals surface area contributed by atoms with Crippen molar-refractivity contribution in [3.63, 3.8) is 0 Å². The molecule has 0 aliphatic heterocycles. The number of ether oxygens (including phenoxy) is 1. The number of nitrogens with zero attached hydrogens (tertiary/aromatic N) is 1. The topological polar surface area (TPSA) is 39.2 Å². The second-order valence-corrected chi connectivity index (χ2v) is 5.98. The van der Waals surface area contributed by atoms with Crippen LogP contribution in [0, 0.1) is 6.07 Å². The van der Waals surface area contributed by atoms with Gasteiger partial charge in [0.2, 0.25) is 0 Å². The maximum absolute atomic E-state index is 11.6. The maximum atomic E-state index is 11.6. The summed E-state index contributed by atoms with van der Waals surface area (Å²) in [4.78, 5) is 3.96. The van der Waals surface area contributed by atoms with Gasteiger partial charge in [-0.3, -0.25) is 4.98 Å². The molecular weight excluding hydrogens is 173 g/mol. The first-order valence-corrected chi connectivity index (χ1v) is 6.11. The van der Waals surface area contributed by atoms with Crippen molar-refractivity contribution < 1.29 is 9.30 Å². The van der Waals surface area contributed by atoms with E-state index in [1.165, 1.54) is 6.20 Å². The van der Waals surface area contributed by atoms with E-state index in [4.69, 9.17) is 4.74 Å². The number of methoxy groups -OCH3 is 1. The molecule has 0 aromatic carbocycles. The molecule has 0 saturated carbocycles. The summed E-state index contributed by atoms with van der Waals surface area (Å²) in [7, 11) is -0.722.